The molecule has 0 saturated carbocycles. The number of ether oxygens (including phenoxy) is 1. The van der Waals surface area contributed by atoms with Gasteiger partial charge in [-0.05, 0) is 56.3 Å². The van der Waals surface area contributed by atoms with Crippen LogP contribution in [-0.2, 0) is 6.54 Å². The van der Waals surface area contributed by atoms with Gasteiger partial charge >= 0.3 is 0 Å². The molecule has 0 aliphatic rings. The second-order valence-corrected chi connectivity index (χ2v) is 7.01. The summed E-state index contributed by atoms with van der Waals surface area (Å²) >= 11 is 0. The Labute approximate surface area is 158 Å². The summed E-state index contributed by atoms with van der Waals surface area (Å²) in [4.78, 5) is 21.3. The zero-order valence-corrected chi connectivity index (χ0v) is 15.9. The van der Waals surface area contributed by atoms with E-state index in [-0.39, 0.29) is 12.2 Å². The van der Waals surface area contributed by atoms with Crippen molar-refractivity contribution in [2.45, 2.75) is 26.5 Å². The van der Waals surface area contributed by atoms with E-state index in [1.165, 1.54) is 0 Å². The number of rotatable bonds is 7. The molecule has 2 N–H and O–H groups in total. The average Bonchev–Trinajstić information content (AvgIpc) is 2.59. The lowest BCUT2D eigenvalue weighted by Crippen LogP contribution is -2.33. The Morgan fingerprint density at radius 1 is 1.19 bits per heavy atom. The van der Waals surface area contributed by atoms with Crippen LogP contribution >= 0.6 is 0 Å². The van der Waals surface area contributed by atoms with Crippen LogP contribution in [0, 0.1) is 13.8 Å². The topological polar surface area (TPSA) is 78.5 Å². The largest absolute Gasteiger partial charge is 0.491 e. The summed E-state index contributed by atoms with van der Waals surface area (Å²) in [7, 11) is 1.87. The van der Waals surface area contributed by atoms with Crippen molar-refractivity contribution < 1.29 is 9.84 Å². The Morgan fingerprint density at radius 3 is 2.63 bits per heavy atom. The molecule has 2 aromatic carbocycles. The molecule has 6 heteroatoms. The minimum absolute atomic E-state index is 0.150. The summed E-state index contributed by atoms with van der Waals surface area (Å²) < 4.78 is 5.71. The molecule has 3 rings (SSSR count). The van der Waals surface area contributed by atoms with Crippen molar-refractivity contribution in [2.75, 3.05) is 20.2 Å². The zero-order chi connectivity index (χ0) is 19.4. The van der Waals surface area contributed by atoms with Gasteiger partial charge in [0.25, 0.3) is 5.56 Å². The van der Waals surface area contributed by atoms with Crippen molar-refractivity contribution in [2.24, 2.45) is 0 Å². The van der Waals surface area contributed by atoms with Crippen molar-refractivity contribution in [1.82, 2.24) is 14.9 Å². The van der Waals surface area contributed by atoms with Gasteiger partial charge in [0.1, 0.15) is 24.3 Å². The molecule has 27 heavy (non-hydrogen) atoms. The van der Waals surface area contributed by atoms with Crippen LogP contribution in [-0.4, -0.2) is 46.3 Å². The number of aromatic amines is 1. The van der Waals surface area contributed by atoms with Gasteiger partial charge in [0.15, 0.2) is 0 Å². The van der Waals surface area contributed by atoms with E-state index >= 15 is 0 Å². The summed E-state index contributed by atoms with van der Waals surface area (Å²) in [5.74, 6) is 1.33. The van der Waals surface area contributed by atoms with Gasteiger partial charge < -0.3 is 14.8 Å². The van der Waals surface area contributed by atoms with Gasteiger partial charge in [0.05, 0.1) is 17.4 Å². The van der Waals surface area contributed by atoms with Crippen LogP contribution in [0.5, 0.6) is 5.75 Å². The molecule has 0 saturated heterocycles. The van der Waals surface area contributed by atoms with E-state index in [2.05, 4.69) is 16.0 Å². The maximum absolute atomic E-state index is 12.1. The standard InChI is InChI=1S/C21H25N3O3/c1-14-8-15(2)10-17(9-14)27-13-16(25)11-24(3)12-20-22-19-7-5-4-6-18(19)21(26)23-20/h4-10,16,25H,11-13H2,1-3H3,(H,22,23,26)/t16-/m1/s1. The third-order valence-electron chi connectivity index (χ3n) is 4.24. The molecule has 0 fully saturated rings. The number of benzene rings is 2. The number of hydrogen-bond acceptors (Lipinski definition) is 5. The van der Waals surface area contributed by atoms with Crippen LogP contribution in [0.2, 0.25) is 0 Å². The Hall–Kier alpha value is -2.70. The number of para-hydroxylation sites is 1. The monoisotopic (exact) mass is 367 g/mol. The minimum atomic E-state index is -0.650. The van der Waals surface area contributed by atoms with E-state index in [0.717, 1.165) is 16.9 Å². The highest BCUT2D eigenvalue weighted by Crippen LogP contribution is 2.16. The Morgan fingerprint density at radius 2 is 1.89 bits per heavy atom. The van der Waals surface area contributed by atoms with E-state index in [1.54, 1.807) is 6.07 Å². The lowest BCUT2D eigenvalue weighted by Gasteiger charge is -2.20. The average molecular weight is 367 g/mol. The number of fused-ring (bicyclic) bond motifs is 1. The van der Waals surface area contributed by atoms with E-state index in [9.17, 15) is 9.90 Å². The maximum Gasteiger partial charge on any atom is 0.258 e. The molecule has 0 aliphatic heterocycles. The number of aliphatic hydroxyl groups excluding tert-OH is 1. The summed E-state index contributed by atoms with van der Waals surface area (Å²) in [6, 6.07) is 13.2. The summed E-state index contributed by atoms with van der Waals surface area (Å²) in [5, 5.41) is 10.8. The molecule has 0 aliphatic carbocycles. The Bertz CT molecular complexity index is 964. The number of aromatic nitrogens is 2. The quantitative estimate of drug-likeness (QED) is 0.670. The third kappa shape index (κ3) is 5.15. The normalized spacial score (nSPS) is 12.5. The number of H-pyrrole nitrogens is 1. The fourth-order valence-corrected chi connectivity index (χ4v) is 3.15. The van der Waals surface area contributed by atoms with E-state index in [0.29, 0.717) is 29.8 Å². The molecular formula is C21H25N3O3. The van der Waals surface area contributed by atoms with E-state index in [4.69, 9.17) is 4.74 Å². The smallest absolute Gasteiger partial charge is 0.258 e. The molecule has 1 heterocycles. The van der Waals surface area contributed by atoms with Gasteiger partial charge in [-0.3, -0.25) is 9.69 Å². The number of nitrogens with zero attached hydrogens (tertiary/aromatic N) is 2. The first-order valence-corrected chi connectivity index (χ1v) is 8.96. The Balaban J connectivity index is 1.57. The summed E-state index contributed by atoms with van der Waals surface area (Å²) in [6.45, 7) is 5.07. The van der Waals surface area contributed by atoms with Crippen molar-refractivity contribution in [3.8, 4) is 5.75 Å². The zero-order valence-electron chi connectivity index (χ0n) is 15.9. The van der Waals surface area contributed by atoms with Crippen LogP contribution in [0.4, 0.5) is 0 Å². The lowest BCUT2D eigenvalue weighted by molar-refractivity contribution is 0.0736. The van der Waals surface area contributed by atoms with Crippen LogP contribution in [0.15, 0.2) is 47.3 Å². The fraction of sp³-hybridized carbons (Fsp3) is 0.333. The molecule has 0 spiro atoms. The molecule has 6 nitrogen and oxygen atoms in total. The molecule has 0 bridgehead atoms. The summed E-state index contributed by atoms with van der Waals surface area (Å²) in [5.41, 5.74) is 2.77. The highest BCUT2D eigenvalue weighted by Gasteiger charge is 2.12. The third-order valence-corrected chi connectivity index (χ3v) is 4.24. The molecule has 1 aromatic heterocycles. The van der Waals surface area contributed by atoms with Crippen molar-refractivity contribution in [3.63, 3.8) is 0 Å². The number of aliphatic hydroxyl groups is 1. The molecule has 3 aromatic rings. The molecular weight excluding hydrogens is 342 g/mol. The van der Waals surface area contributed by atoms with Crippen molar-refractivity contribution in [1.29, 1.82) is 0 Å². The van der Waals surface area contributed by atoms with E-state index in [1.807, 2.05) is 56.1 Å². The van der Waals surface area contributed by atoms with Crippen LogP contribution < -0.4 is 10.3 Å². The van der Waals surface area contributed by atoms with Crippen molar-refractivity contribution in [3.05, 3.63) is 69.8 Å². The number of likely N-dealkylation sites (N-methyl/N-ethyl adjacent to an activating group) is 1. The van der Waals surface area contributed by atoms with Gasteiger partial charge in [-0.2, -0.15) is 0 Å². The fourth-order valence-electron chi connectivity index (χ4n) is 3.15. The molecule has 1 atom stereocenters. The Kier molecular flexibility index (Phi) is 5.88. The van der Waals surface area contributed by atoms with Crippen LogP contribution in [0.25, 0.3) is 10.9 Å². The van der Waals surface area contributed by atoms with Crippen LogP contribution in [0.3, 0.4) is 0 Å². The first-order valence-electron chi connectivity index (χ1n) is 8.96. The SMILES string of the molecule is Cc1cc(C)cc(OC[C@H](O)CN(C)Cc2nc3ccccc3c(=O)[nH]2)c1. The predicted molar refractivity (Wildman–Crippen MR) is 106 cm³/mol. The lowest BCUT2D eigenvalue weighted by atomic mass is 10.1. The summed E-state index contributed by atoms with van der Waals surface area (Å²) in [6.07, 6.45) is -0.650. The second-order valence-electron chi connectivity index (χ2n) is 7.01. The number of nitrogens with one attached hydrogen (secondary N) is 1. The minimum Gasteiger partial charge on any atom is -0.491 e. The number of hydrogen-bond donors (Lipinski definition) is 2. The molecule has 142 valence electrons. The van der Waals surface area contributed by atoms with Gasteiger partial charge in [0, 0.05) is 6.54 Å². The first-order chi connectivity index (χ1) is 12.9. The maximum atomic E-state index is 12.1. The van der Waals surface area contributed by atoms with Gasteiger partial charge in [0.2, 0.25) is 0 Å². The highest BCUT2D eigenvalue weighted by atomic mass is 16.5. The van der Waals surface area contributed by atoms with Crippen molar-refractivity contribution >= 4 is 10.9 Å². The van der Waals surface area contributed by atoms with Gasteiger partial charge in [-0.1, -0.05) is 18.2 Å². The van der Waals surface area contributed by atoms with Gasteiger partial charge in [-0.25, -0.2) is 4.98 Å². The second kappa shape index (κ2) is 8.33. The van der Waals surface area contributed by atoms with E-state index < -0.39 is 6.10 Å². The van der Waals surface area contributed by atoms with Crippen LogP contribution in [0.1, 0.15) is 17.0 Å². The molecule has 0 unspecified atom stereocenters. The highest BCUT2D eigenvalue weighted by molar-refractivity contribution is 5.77. The first kappa shape index (κ1) is 19.1. The molecule has 0 amide bonds. The van der Waals surface area contributed by atoms with Gasteiger partial charge in [-0.15, -0.1) is 0 Å². The molecule has 0 radical (unpaired) electrons. The predicted octanol–water partition coefficient (Wildman–Crippen LogP) is 2.41. The number of aryl methyl sites for hydroxylation is 2.